The van der Waals surface area contributed by atoms with Crippen LogP contribution in [0.4, 0.5) is 4.79 Å². The highest BCUT2D eigenvalue weighted by Gasteiger charge is 2.31. The topological polar surface area (TPSA) is 93.5 Å². The highest BCUT2D eigenvalue weighted by Crippen LogP contribution is 2.25. The first kappa shape index (κ1) is 22.6. The van der Waals surface area contributed by atoms with Gasteiger partial charge in [-0.2, -0.15) is 0 Å². The summed E-state index contributed by atoms with van der Waals surface area (Å²) in [4.78, 5) is 43.4. The largest absolute Gasteiger partial charge is 0.379 e. The van der Waals surface area contributed by atoms with Crippen molar-refractivity contribution in [1.29, 1.82) is 0 Å². The summed E-state index contributed by atoms with van der Waals surface area (Å²) in [5, 5.41) is 3.39. The fraction of sp³-hybridized carbons (Fsp3) is 0.500. The summed E-state index contributed by atoms with van der Waals surface area (Å²) in [6.45, 7) is 7.31. The highest BCUT2D eigenvalue weighted by molar-refractivity contribution is 8.00. The van der Waals surface area contributed by atoms with Gasteiger partial charge >= 0.3 is 6.03 Å². The lowest BCUT2D eigenvalue weighted by Crippen LogP contribution is -2.39. The number of ether oxygens (including phenoxy) is 1. The minimum atomic E-state index is -0.587. The molecule has 10 heteroatoms. The van der Waals surface area contributed by atoms with Gasteiger partial charge in [-0.1, -0.05) is 23.4 Å². The Labute approximate surface area is 183 Å². The number of carbonyl (C=O) groups excluding carboxylic acids is 2. The van der Waals surface area contributed by atoms with E-state index in [2.05, 4.69) is 10.3 Å². The standard InChI is InChI=1S/C20H25ClN4O4S/c1-12(2)29-10-4-8-25-18(27)15-6-5-14(21)11-16(15)23-20(25)30-13(3)17(26)24-9-7-22-19(24)28/h5-6,11-13H,4,7-10H2,1-3H3,(H,22,28). The molecule has 3 rings (SSSR count). The Morgan fingerprint density at radius 3 is 2.77 bits per heavy atom. The second kappa shape index (κ2) is 9.80. The van der Waals surface area contributed by atoms with Gasteiger partial charge in [0.2, 0.25) is 5.91 Å². The summed E-state index contributed by atoms with van der Waals surface area (Å²) in [7, 11) is 0. The van der Waals surface area contributed by atoms with Crippen LogP contribution in [0.2, 0.25) is 5.02 Å². The first-order valence-electron chi connectivity index (χ1n) is 9.85. The number of hydrogen-bond acceptors (Lipinski definition) is 6. The quantitative estimate of drug-likeness (QED) is 0.376. The van der Waals surface area contributed by atoms with Crippen LogP contribution in [0, 0.1) is 0 Å². The molecular formula is C20H25ClN4O4S. The number of thioether (sulfide) groups is 1. The van der Waals surface area contributed by atoms with E-state index in [1.807, 2.05) is 13.8 Å². The smallest absolute Gasteiger partial charge is 0.324 e. The molecule has 0 aliphatic carbocycles. The number of fused-ring (bicyclic) bond motifs is 1. The summed E-state index contributed by atoms with van der Waals surface area (Å²) in [6.07, 6.45) is 0.736. The highest BCUT2D eigenvalue weighted by atomic mass is 35.5. The Bertz CT molecular complexity index is 1010. The van der Waals surface area contributed by atoms with Crippen molar-refractivity contribution in [3.05, 3.63) is 33.6 Å². The number of halogens is 1. The number of carbonyl (C=O) groups is 2. The van der Waals surface area contributed by atoms with Crippen molar-refractivity contribution in [1.82, 2.24) is 19.8 Å². The molecule has 2 heterocycles. The number of urea groups is 1. The van der Waals surface area contributed by atoms with Gasteiger partial charge in [0.05, 0.1) is 22.3 Å². The molecule has 1 saturated heterocycles. The van der Waals surface area contributed by atoms with Crippen molar-refractivity contribution in [2.75, 3.05) is 19.7 Å². The predicted molar refractivity (Wildman–Crippen MR) is 117 cm³/mol. The van der Waals surface area contributed by atoms with Crippen molar-refractivity contribution in [3.8, 4) is 0 Å². The van der Waals surface area contributed by atoms with Crippen molar-refractivity contribution in [2.45, 2.75) is 50.2 Å². The van der Waals surface area contributed by atoms with Crippen LogP contribution >= 0.6 is 23.4 Å². The molecular weight excluding hydrogens is 428 g/mol. The van der Waals surface area contributed by atoms with Crippen LogP contribution in [0.1, 0.15) is 27.2 Å². The SMILES string of the molecule is CC(C)OCCCn1c(SC(C)C(=O)N2CCNC2=O)nc2cc(Cl)ccc2c1=O. The lowest BCUT2D eigenvalue weighted by atomic mass is 10.2. The molecule has 1 aromatic carbocycles. The van der Waals surface area contributed by atoms with E-state index in [9.17, 15) is 14.4 Å². The van der Waals surface area contributed by atoms with Gasteiger partial charge < -0.3 is 10.1 Å². The Kier molecular flexibility index (Phi) is 7.38. The van der Waals surface area contributed by atoms with E-state index >= 15 is 0 Å². The number of amides is 3. The predicted octanol–water partition coefficient (Wildman–Crippen LogP) is 2.90. The lowest BCUT2D eigenvalue weighted by molar-refractivity contribution is -0.126. The summed E-state index contributed by atoms with van der Waals surface area (Å²) in [5.74, 6) is -0.315. The zero-order chi connectivity index (χ0) is 21.8. The van der Waals surface area contributed by atoms with Gasteiger partial charge in [0.15, 0.2) is 5.16 Å². The van der Waals surface area contributed by atoms with Crippen LogP contribution in [0.3, 0.4) is 0 Å². The van der Waals surface area contributed by atoms with Crippen LogP contribution in [-0.2, 0) is 16.1 Å². The Morgan fingerprint density at radius 1 is 1.33 bits per heavy atom. The second-order valence-electron chi connectivity index (χ2n) is 7.27. The van der Waals surface area contributed by atoms with E-state index in [1.54, 1.807) is 29.7 Å². The van der Waals surface area contributed by atoms with Gasteiger partial charge in [0.1, 0.15) is 0 Å². The fourth-order valence-electron chi connectivity index (χ4n) is 3.11. The van der Waals surface area contributed by atoms with Gasteiger partial charge in [-0.15, -0.1) is 0 Å². The zero-order valence-electron chi connectivity index (χ0n) is 17.2. The lowest BCUT2D eigenvalue weighted by Gasteiger charge is -2.19. The summed E-state index contributed by atoms with van der Waals surface area (Å²) in [6, 6.07) is 4.55. The van der Waals surface area contributed by atoms with Crippen LogP contribution < -0.4 is 10.9 Å². The molecule has 1 aromatic heterocycles. The maximum absolute atomic E-state index is 13.1. The van der Waals surface area contributed by atoms with E-state index in [0.29, 0.717) is 53.7 Å². The molecule has 1 aliphatic heterocycles. The molecule has 0 radical (unpaired) electrons. The number of nitrogens with zero attached hydrogens (tertiary/aromatic N) is 3. The van der Waals surface area contributed by atoms with Gasteiger partial charge in [-0.05, 0) is 45.4 Å². The molecule has 3 amide bonds. The van der Waals surface area contributed by atoms with E-state index in [4.69, 9.17) is 16.3 Å². The van der Waals surface area contributed by atoms with Crippen molar-refractivity contribution in [2.24, 2.45) is 0 Å². The Balaban J connectivity index is 1.89. The molecule has 1 N–H and O–H groups in total. The maximum atomic E-state index is 13.1. The van der Waals surface area contributed by atoms with Gasteiger partial charge in [0, 0.05) is 31.3 Å². The maximum Gasteiger partial charge on any atom is 0.324 e. The molecule has 162 valence electrons. The molecule has 2 aromatic rings. The Hall–Kier alpha value is -2.10. The number of aromatic nitrogens is 2. The number of hydrogen-bond donors (Lipinski definition) is 1. The van der Waals surface area contributed by atoms with Crippen LogP contribution in [0.5, 0.6) is 0 Å². The van der Waals surface area contributed by atoms with Gasteiger partial charge in [-0.25, -0.2) is 9.78 Å². The average molecular weight is 453 g/mol. The fourth-order valence-corrected chi connectivity index (χ4v) is 4.28. The number of nitrogens with one attached hydrogen (secondary N) is 1. The molecule has 0 spiro atoms. The third-order valence-corrected chi connectivity index (χ3v) is 5.93. The number of imide groups is 1. The van der Waals surface area contributed by atoms with Gasteiger partial charge in [0.25, 0.3) is 5.56 Å². The van der Waals surface area contributed by atoms with Crippen LogP contribution in [-0.4, -0.2) is 57.4 Å². The number of benzene rings is 1. The molecule has 0 saturated carbocycles. The summed E-state index contributed by atoms with van der Waals surface area (Å²) in [5.41, 5.74) is 0.283. The normalized spacial score (nSPS) is 15.1. The van der Waals surface area contributed by atoms with Gasteiger partial charge in [-0.3, -0.25) is 19.1 Å². The van der Waals surface area contributed by atoms with E-state index in [-0.39, 0.29) is 17.6 Å². The second-order valence-corrected chi connectivity index (χ2v) is 9.01. The first-order chi connectivity index (χ1) is 14.3. The van der Waals surface area contributed by atoms with Crippen molar-refractivity contribution in [3.63, 3.8) is 0 Å². The molecule has 1 aliphatic rings. The molecule has 1 fully saturated rings. The minimum Gasteiger partial charge on any atom is -0.379 e. The summed E-state index contributed by atoms with van der Waals surface area (Å²) < 4.78 is 7.15. The zero-order valence-corrected chi connectivity index (χ0v) is 18.8. The first-order valence-corrected chi connectivity index (χ1v) is 11.1. The summed E-state index contributed by atoms with van der Waals surface area (Å²) >= 11 is 7.24. The molecule has 8 nitrogen and oxygen atoms in total. The van der Waals surface area contributed by atoms with Crippen molar-refractivity contribution >= 4 is 46.2 Å². The van der Waals surface area contributed by atoms with E-state index < -0.39 is 11.3 Å². The van der Waals surface area contributed by atoms with Crippen molar-refractivity contribution < 1.29 is 14.3 Å². The third-order valence-electron chi connectivity index (χ3n) is 4.61. The molecule has 1 unspecified atom stereocenters. The molecule has 1 atom stereocenters. The average Bonchev–Trinajstić information content (AvgIpc) is 3.11. The molecule has 0 bridgehead atoms. The van der Waals surface area contributed by atoms with Crippen LogP contribution in [0.25, 0.3) is 10.9 Å². The van der Waals surface area contributed by atoms with Crippen LogP contribution in [0.15, 0.2) is 28.2 Å². The van der Waals surface area contributed by atoms with E-state index in [0.717, 1.165) is 11.8 Å². The van der Waals surface area contributed by atoms with E-state index in [1.165, 1.54) is 4.90 Å². The minimum absolute atomic E-state index is 0.108. The monoisotopic (exact) mass is 452 g/mol. The number of rotatable bonds is 8. The third kappa shape index (κ3) is 5.14. The molecule has 30 heavy (non-hydrogen) atoms. The Morgan fingerprint density at radius 2 is 2.10 bits per heavy atom.